The monoisotopic (exact) mass is 312 g/mol. The van der Waals surface area contributed by atoms with E-state index in [0.29, 0.717) is 23.9 Å². The highest BCUT2D eigenvalue weighted by Crippen LogP contribution is 2.15. The van der Waals surface area contributed by atoms with Crippen LogP contribution in [-0.4, -0.2) is 40.8 Å². The zero-order valence-corrected chi connectivity index (χ0v) is 13.6. The van der Waals surface area contributed by atoms with Gasteiger partial charge < -0.3 is 10.1 Å². The second-order valence-electron chi connectivity index (χ2n) is 5.90. The lowest BCUT2D eigenvalue weighted by Crippen LogP contribution is -2.43. The molecule has 0 spiro atoms. The van der Waals surface area contributed by atoms with Crippen molar-refractivity contribution in [3.05, 3.63) is 29.8 Å². The van der Waals surface area contributed by atoms with E-state index in [1.807, 2.05) is 12.1 Å². The molecule has 0 amide bonds. The van der Waals surface area contributed by atoms with E-state index in [-0.39, 0.29) is 12.1 Å². The maximum Gasteiger partial charge on any atom is 0.240 e. The van der Waals surface area contributed by atoms with E-state index in [4.69, 9.17) is 4.74 Å². The molecule has 118 valence electrons. The predicted molar refractivity (Wildman–Crippen MR) is 82.8 cm³/mol. The molecule has 0 saturated carbocycles. The molecular formula is C15H24N2O3S. The first-order valence-corrected chi connectivity index (χ1v) is 8.75. The van der Waals surface area contributed by atoms with Crippen molar-refractivity contribution in [2.75, 3.05) is 20.2 Å². The minimum absolute atomic E-state index is 0.125. The molecule has 1 aliphatic rings. The number of benzene rings is 1. The van der Waals surface area contributed by atoms with Gasteiger partial charge in [0.25, 0.3) is 0 Å². The SMILES string of the molecule is CO[C@H]1CNCC1NS(=O)(=O)c1ccc(CC(C)C)cc1. The molecule has 21 heavy (non-hydrogen) atoms. The fourth-order valence-corrected chi connectivity index (χ4v) is 3.83. The van der Waals surface area contributed by atoms with Gasteiger partial charge in [0.1, 0.15) is 0 Å². The summed E-state index contributed by atoms with van der Waals surface area (Å²) in [6.07, 6.45) is 0.825. The molecule has 1 aliphatic heterocycles. The van der Waals surface area contributed by atoms with Crippen LogP contribution in [0.1, 0.15) is 19.4 Å². The highest BCUT2D eigenvalue weighted by molar-refractivity contribution is 7.89. The smallest absolute Gasteiger partial charge is 0.240 e. The van der Waals surface area contributed by atoms with Gasteiger partial charge in [-0.1, -0.05) is 26.0 Å². The van der Waals surface area contributed by atoms with Crippen LogP contribution < -0.4 is 10.0 Å². The van der Waals surface area contributed by atoms with Gasteiger partial charge in [-0.3, -0.25) is 0 Å². The van der Waals surface area contributed by atoms with Crippen LogP contribution in [0.15, 0.2) is 29.2 Å². The Morgan fingerprint density at radius 2 is 1.95 bits per heavy atom. The normalized spacial score (nSPS) is 22.9. The summed E-state index contributed by atoms with van der Waals surface area (Å²) < 4.78 is 32.8. The average molecular weight is 312 g/mol. The highest BCUT2D eigenvalue weighted by atomic mass is 32.2. The van der Waals surface area contributed by atoms with E-state index in [9.17, 15) is 8.42 Å². The van der Waals surface area contributed by atoms with Crippen molar-refractivity contribution in [2.45, 2.75) is 37.3 Å². The van der Waals surface area contributed by atoms with Crippen LogP contribution in [0.25, 0.3) is 0 Å². The number of sulfonamides is 1. The van der Waals surface area contributed by atoms with Crippen LogP contribution in [0.4, 0.5) is 0 Å². The van der Waals surface area contributed by atoms with Gasteiger partial charge >= 0.3 is 0 Å². The lowest BCUT2D eigenvalue weighted by Gasteiger charge is -2.18. The maximum absolute atomic E-state index is 12.4. The van der Waals surface area contributed by atoms with Gasteiger partial charge in [-0.25, -0.2) is 13.1 Å². The number of hydrogen-bond donors (Lipinski definition) is 2. The van der Waals surface area contributed by atoms with Crippen molar-refractivity contribution in [3.63, 3.8) is 0 Å². The van der Waals surface area contributed by atoms with Crippen molar-refractivity contribution in [2.24, 2.45) is 5.92 Å². The maximum atomic E-state index is 12.4. The van der Waals surface area contributed by atoms with Crippen LogP contribution in [0.3, 0.4) is 0 Å². The van der Waals surface area contributed by atoms with Gasteiger partial charge in [-0.2, -0.15) is 0 Å². The first-order chi connectivity index (χ1) is 9.92. The molecule has 0 aromatic heterocycles. The second kappa shape index (κ2) is 6.87. The van der Waals surface area contributed by atoms with Gasteiger partial charge in [0.15, 0.2) is 0 Å². The van der Waals surface area contributed by atoms with Crippen LogP contribution >= 0.6 is 0 Å². The molecule has 2 N–H and O–H groups in total. The largest absolute Gasteiger partial charge is 0.378 e. The van der Waals surface area contributed by atoms with E-state index in [2.05, 4.69) is 23.9 Å². The summed E-state index contributed by atoms with van der Waals surface area (Å²) >= 11 is 0. The molecule has 1 unspecified atom stereocenters. The molecule has 1 saturated heterocycles. The first-order valence-electron chi connectivity index (χ1n) is 7.27. The van der Waals surface area contributed by atoms with E-state index >= 15 is 0 Å². The molecule has 5 nitrogen and oxygen atoms in total. The standard InChI is InChI=1S/C15H24N2O3S/c1-11(2)8-12-4-6-13(7-5-12)21(18,19)17-14-9-16-10-15(14)20-3/h4-7,11,14-17H,8-10H2,1-3H3/t14?,15-/m0/s1. The summed E-state index contributed by atoms with van der Waals surface area (Å²) in [5.41, 5.74) is 1.15. The summed E-state index contributed by atoms with van der Waals surface area (Å²) in [6.45, 7) is 5.54. The molecule has 0 bridgehead atoms. The van der Waals surface area contributed by atoms with Crippen LogP contribution in [-0.2, 0) is 21.2 Å². The Hall–Kier alpha value is -0.950. The van der Waals surface area contributed by atoms with Crippen LogP contribution in [0, 0.1) is 5.92 Å². The molecule has 6 heteroatoms. The number of rotatable bonds is 6. The van der Waals surface area contributed by atoms with E-state index < -0.39 is 10.0 Å². The number of ether oxygens (including phenoxy) is 1. The third kappa shape index (κ3) is 4.26. The van der Waals surface area contributed by atoms with Gasteiger partial charge in [-0.05, 0) is 30.0 Å². The first kappa shape index (κ1) is 16.4. The lowest BCUT2D eigenvalue weighted by molar-refractivity contribution is 0.103. The quantitative estimate of drug-likeness (QED) is 0.827. The molecule has 0 radical (unpaired) electrons. The summed E-state index contributed by atoms with van der Waals surface area (Å²) in [5.74, 6) is 0.553. The van der Waals surface area contributed by atoms with Crippen molar-refractivity contribution in [1.29, 1.82) is 0 Å². The summed E-state index contributed by atoms with van der Waals surface area (Å²) in [6, 6.07) is 6.88. The molecule has 2 rings (SSSR count). The average Bonchev–Trinajstić information content (AvgIpc) is 2.85. The minimum atomic E-state index is -3.50. The molecular weight excluding hydrogens is 288 g/mol. The number of hydrogen-bond acceptors (Lipinski definition) is 4. The molecule has 2 atom stereocenters. The topological polar surface area (TPSA) is 67.4 Å². The molecule has 1 fully saturated rings. The third-order valence-corrected chi connectivity index (χ3v) is 5.15. The van der Waals surface area contributed by atoms with Crippen LogP contribution in [0.5, 0.6) is 0 Å². The number of nitrogens with one attached hydrogen (secondary N) is 2. The highest BCUT2D eigenvalue weighted by Gasteiger charge is 2.31. The third-order valence-electron chi connectivity index (χ3n) is 3.65. The van der Waals surface area contributed by atoms with Gasteiger partial charge in [0.2, 0.25) is 10.0 Å². The molecule has 1 heterocycles. The Balaban J connectivity index is 2.08. The Bertz CT molecular complexity index is 555. The zero-order chi connectivity index (χ0) is 15.5. The summed E-state index contributed by atoms with van der Waals surface area (Å²) in [7, 11) is -1.91. The number of methoxy groups -OCH3 is 1. The van der Waals surface area contributed by atoms with Gasteiger partial charge in [0.05, 0.1) is 17.0 Å². The lowest BCUT2D eigenvalue weighted by atomic mass is 10.0. The predicted octanol–water partition coefficient (Wildman–Crippen LogP) is 1.15. The molecule has 1 aromatic rings. The van der Waals surface area contributed by atoms with Gasteiger partial charge in [-0.15, -0.1) is 0 Å². The minimum Gasteiger partial charge on any atom is -0.378 e. The van der Waals surface area contributed by atoms with E-state index in [1.165, 1.54) is 0 Å². The Labute approximate surface area is 127 Å². The Morgan fingerprint density at radius 3 is 2.52 bits per heavy atom. The Morgan fingerprint density at radius 1 is 1.29 bits per heavy atom. The fraction of sp³-hybridized carbons (Fsp3) is 0.600. The van der Waals surface area contributed by atoms with Crippen molar-refractivity contribution >= 4 is 10.0 Å². The molecule has 0 aliphatic carbocycles. The fourth-order valence-electron chi connectivity index (χ4n) is 2.56. The van der Waals surface area contributed by atoms with Crippen molar-refractivity contribution in [1.82, 2.24) is 10.0 Å². The Kier molecular flexibility index (Phi) is 5.37. The van der Waals surface area contributed by atoms with E-state index in [0.717, 1.165) is 12.0 Å². The zero-order valence-electron chi connectivity index (χ0n) is 12.8. The summed E-state index contributed by atoms with van der Waals surface area (Å²) in [4.78, 5) is 0.303. The second-order valence-corrected chi connectivity index (χ2v) is 7.62. The molecule has 1 aromatic carbocycles. The van der Waals surface area contributed by atoms with E-state index in [1.54, 1.807) is 19.2 Å². The van der Waals surface area contributed by atoms with Crippen molar-refractivity contribution < 1.29 is 13.2 Å². The van der Waals surface area contributed by atoms with Gasteiger partial charge in [0, 0.05) is 20.2 Å². The van der Waals surface area contributed by atoms with Crippen LogP contribution in [0.2, 0.25) is 0 Å². The van der Waals surface area contributed by atoms with Crippen molar-refractivity contribution in [3.8, 4) is 0 Å². The summed E-state index contributed by atoms with van der Waals surface area (Å²) in [5, 5.41) is 3.13.